The van der Waals surface area contributed by atoms with Crippen LogP contribution in [0.2, 0.25) is 5.02 Å². The summed E-state index contributed by atoms with van der Waals surface area (Å²) in [5.74, 6) is -13.7. The summed E-state index contributed by atoms with van der Waals surface area (Å²) >= 11 is 7.21. The van der Waals surface area contributed by atoms with Gasteiger partial charge in [-0.3, -0.25) is 38.4 Å². The van der Waals surface area contributed by atoms with E-state index in [1.807, 2.05) is 56.3 Å². The van der Waals surface area contributed by atoms with Gasteiger partial charge in [-0.05, 0) is 165 Å². The fraction of sp³-hybridized carbons (Fsp3) is 0.422. The number of nitrogens with two attached hydrogens (primary N) is 3. The summed E-state index contributed by atoms with van der Waals surface area (Å²) in [5.41, 5.74) is 16.7. The number of benzene rings is 7. The van der Waals surface area contributed by atoms with Crippen LogP contribution in [-0.2, 0) is 75.1 Å². The average molecular weight is 1810 g/mol. The van der Waals surface area contributed by atoms with Gasteiger partial charge in [0.25, 0.3) is 0 Å². The molecule has 8 amide bonds. The first-order valence-corrected chi connectivity index (χ1v) is 42.4. The van der Waals surface area contributed by atoms with Gasteiger partial charge < -0.3 is 153 Å². The number of carbonyl (C=O) groups is 8. The first-order chi connectivity index (χ1) is 61.3. The number of aliphatic hydroxyl groups is 6. The van der Waals surface area contributed by atoms with Crippen molar-refractivity contribution in [1.82, 2.24) is 47.5 Å². The predicted molar refractivity (Wildman–Crippen MR) is 459 cm³/mol. The summed E-state index contributed by atoms with van der Waals surface area (Å²) < 4.78 is 58.7. The molecular formula is C90H105ClN12O26. The molecule has 0 radical (unpaired) electrons. The van der Waals surface area contributed by atoms with E-state index >= 15 is 28.8 Å². The minimum absolute atomic E-state index is 0.00819. The molecule has 39 heteroatoms. The summed E-state index contributed by atoms with van der Waals surface area (Å²) in [7, 11) is 1.49. The number of amides is 8. The number of phenols is 3. The first kappa shape index (κ1) is 93.3. The first-order valence-electron chi connectivity index (χ1n) is 42.0. The van der Waals surface area contributed by atoms with Gasteiger partial charge in [-0.1, -0.05) is 80.0 Å². The number of aromatic hydroxyl groups is 3. The Morgan fingerprint density at radius 1 is 0.667 bits per heavy atom. The number of rotatable bonds is 21. The number of aromatic nitrogens is 1. The molecule has 3 fully saturated rings. The van der Waals surface area contributed by atoms with Gasteiger partial charge >= 0.3 is 0 Å². The van der Waals surface area contributed by atoms with Crippen LogP contribution in [0.4, 0.5) is 0 Å². The van der Waals surface area contributed by atoms with Crippen LogP contribution in [0.5, 0.6) is 51.7 Å². The molecule has 38 nitrogen and oxygen atoms in total. The molecule has 22 atom stereocenters. The second-order valence-electron chi connectivity index (χ2n) is 34.1. The second kappa shape index (κ2) is 38.8. The van der Waals surface area contributed by atoms with Crippen LogP contribution in [-0.4, -0.2) is 221 Å². The van der Waals surface area contributed by atoms with Crippen LogP contribution in [0.25, 0.3) is 22.0 Å². The summed E-state index contributed by atoms with van der Waals surface area (Å²) in [6, 6.07) is 17.5. The molecule has 0 saturated carbocycles. The van der Waals surface area contributed by atoms with Gasteiger partial charge in [-0.25, -0.2) is 0 Å². The Morgan fingerprint density at radius 3 is 1.98 bits per heavy atom. The molecule has 11 bridgehead atoms. The summed E-state index contributed by atoms with van der Waals surface area (Å²) in [6.45, 7) is 8.87. The van der Waals surface area contributed by atoms with E-state index in [-0.39, 0.29) is 83.5 Å². The van der Waals surface area contributed by atoms with E-state index in [0.717, 1.165) is 70.6 Å². The highest BCUT2D eigenvalue weighted by atomic mass is 35.5. The molecule has 0 spiro atoms. The molecule has 8 aliphatic heterocycles. The van der Waals surface area contributed by atoms with Gasteiger partial charge in [0.05, 0.1) is 48.5 Å². The Hall–Kier alpha value is -11.8. The Labute approximate surface area is 744 Å². The lowest BCUT2D eigenvalue weighted by molar-refractivity contribution is -0.333. The molecule has 7 aromatic carbocycles. The van der Waals surface area contributed by atoms with Crippen molar-refractivity contribution in [2.45, 2.75) is 214 Å². The molecule has 24 N–H and O–H groups in total. The number of hydrogen-bond donors (Lipinski definition) is 21. The third-order valence-corrected chi connectivity index (χ3v) is 24.1. The third kappa shape index (κ3) is 20.6. The van der Waals surface area contributed by atoms with Crippen molar-refractivity contribution in [3.05, 3.63) is 184 Å². The molecule has 0 unspecified atom stereocenters. The smallest absolute Gasteiger partial charge is 0.248 e. The Morgan fingerprint density at radius 2 is 1.32 bits per heavy atom. The number of halogens is 1. The molecule has 16 rings (SSSR count). The highest BCUT2D eigenvalue weighted by molar-refractivity contribution is 6.32. The van der Waals surface area contributed by atoms with Crippen LogP contribution in [0.3, 0.4) is 0 Å². The van der Waals surface area contributed by atoms with Crippen molar-refractivity contribution in [2.24, 2.45) is 23.1 Å². The van der Waals surface area contributed by atoms with Crippen LogP contribution in [0.15, 0.2) is 140 Å². The van der Waals surface area contributed by atoms with Gasteiger partial charge in [0.15, 0.2) is 30.2 Å². The molecule has 8 aromatic rings. The van der Waals surface area contributed by atoms with Crippen LogP contribution in [0.1, 0.15) is 137 Å². The fourth-order valence-corrected chi connectivity index (χ4v) is 17.1. The molecule has 3 saturated heterocycles. The molecule has 688 valence electrons. The maximum atomic E-state index is 16.7. The van der Waals surface area contributed by atoms with Gasteiger partial charge in [-0.2, -0.15) is 0 Å². The van der Waals surface area contributed by atoms with Crippen molar-refractivity contribution in [1.29, 1.82) is 0 Å². The second-order valence-corrected chi connectivity index (χ2v) is 34.5. The van der Waals surface area contributed by atoms with Gasteiger partial charge in [0, 0.05) is 64.8 Å². The largest absolute Gasteiger partial charge is 0.508 e. The maximum Gasteiger partial charge on any atom is 0.248 e. The van der Waals surface area contributed by atoms with E-state index < -0.39 is 245 Å². The molecular weight excluding hydrogens is 1700 g/mol. The number of aromatic amines is 1. The Bertz CT molecular complexity index is 5510. The monoisotopic (exact) mass is 1800 g/mol. The number of fused-ring (bicyclic) bond motifs is 16. The number of H-pyrrole nitrogens is 1. The summed E-state index contributed by atoms with van der Waals surface area (Å²) in [4.78, 5) is 127. The van der Waals surface area contributed by atoms with Gasteiger partial charge in [0.2, 0.25) is 59.3 Å². The normalized spacial score (nSPS) is 29.2. The average Bonchev–Trinajstić information content (AvgIpc) is 1.29. The highest BCUT2D eigenvalue weighted by Crippen LogP contribution is 2.50. The van der Waals surface area contributed by atoms with Crippen molar-refractivity contribution in [3.8, 4) is 62.9 Å². The number of nitrogens with one attached hydrogen (secondary N) is 9. The van der Waals surface area contributed by atoms with Crippen molar-refractivity contribution in [3.63, 3.8) is 0 Å². The van der Waals surface area contributed by atoms with Crippen LogP contribution < -0.4 is 78.7 Å². The molecule has 129 heavy (non-hydrogen) atoms. The number of hydrogen-bond acceptors (Lipinski definition) is 29. The fourth-order valence-electron chi connectivity index (χ4n) is 16.8. The van der Waals surface area contributed by atoms with E-state index in [1.54, 1.807) is 12.3 Å². The number of ether oxygens (including phenoxy) is 9. The Kier molecular flexibility index (Phi) is 28.1. The number of likely N-dealkylation sites (N-methyl/N-ethyl adjacent to an activating group) is 1. The van der Waals surface area contributed by atoms with Gasteiger partial charge in [-0.15, -0.1) is 0 Å². The van der Waals surface area contributed by atoms with E-state index in [1.165, 1.54) is 71.1 Å². The van der Waals surface area contributed by atoms with Crippen molar-refractivity contribution in [2.75, 3.05) is 20.2 Å². The lowest BCUT2D eigenvalue weighted by Crippen LogP contribution is -2.64. The van der Waals surface area contributed by atoms with Crippen LogP contribution >= 0.6 is 11.6 Å². The van der Waals surface area contributed by atoms with Crippen molar-refractivity contribution < 1.29 is 127 Å². The number of carbonyl (C=O) groups excluding carboxylic acids is 8. The zero-order valence-electron chi connectivity index (χ0n) is 71.1. The highest BCUT2D eigenvalue weighted by Gasteiger charge is 2.53. The lowest BCUT2D eigenvalue weighted by atomic mass is 9.86. The predicted octanol–water partition coefficient (Wildman–Crippen LogP) is 3.02. The van der Waals surface area contributed by atoms with E-state index in [4.69, 9.17) is 71.4 Å². The molecule has 1 aromatic heterocycles. The molecule has 9 heterocycles. The summed E-state index contributed by atoms with van der Waals surface area (Å²) in [6.07, 6.45) is -20.6. The van der Waals surface area contributed by atoms with E-state index in [0.29, 0.717) is 5.75 Å². The molecule has 8 aliphatic rings. The lowest BCUT2D eigenvalue weighted by Gasteiger charge is -2.47. The number of aliphatic hydroxyl groups excluding tert-OH is 6. The number of phenolic OH excluding ortho intramolecular Hbond substituents is 3. The standard InChI is InChI=1S/C90H105ClN12O26/c1-39(2)25-56(95-7)81(114)102-71-73(109)45-16-22-60(54(91)27-45)125-62-29-47-28-61(77(62)129-88-78(75(111)74(110)63(37-104)126-88)128-66-35-90(6,94)80(113)41(4)123-66)124-49-17-13-43(14-18-49)76(127-65-34-89(5,93)79(112)40(3)122-65)72-87(120)101-70(83(116)96-24-23-46-36-97-55-20-19-50(32-51(46)55)121-38-42-11-9-8-10-12-42)53-30-48(105)31-59(107)67(53)52-26-44(15-21-58(52)106)68(84(117)103-72)100-85(118)69(47)99-82(115)57(33-64(92)108)98-86(71)119/h8-22,26-32,36,39-41,56-57,63,65-66,68-76,78-80,88,95,97,104-107,109-113H,23-25,33-35,37-38,93-94H2,1-7H3,(H2,92,108)(H,96,116)(H,98,119)(H,99,115)(H,100,118)(H,101,120)(H,102,114)(H,103,117)/t40-,41-,56+,57-,63+,65-,66-,68+,69+,70-,71+,72-,73+,74+,75-,76+,78+,79-,80-,88-,89-,90-/m0/s1. The number of primary amides is 1. The zero-order valence-corrected chi connectivity index (χ0v) is 71.9. The zero-order chi connectivity index (χ0) is 92.5. The van der Waals surface area contributed by atoms with Gasteiger partial charge in [0.1, 0.15) is 108 Å². The van der Waals surface area contributed by atoms with Crippen LogP contribution in [0, 0.1) is 5.92 Å². The molecule has 0 aliphatic carbocycles. The topological polar surface area (TPSA) is 592 Å². The maximum absolute atomic E-state index is 16.7. The summed E-state index contributed by atoms with van der Waals surface area (Å²) in [5, 5.41) is 128. The SMILES string of the molecule is CN[C@H](CC(C)C)C(=O)N[C@H]1C(=O)N[C@@H](CC(N)=O)C(=O)N[C@H]2C(=O)N[C@H]3C(=O)N[C@H](C(=O)N[C@H](C(=O)NCCc4c[nH]c5ccc(OCc6ccccc6)cc45)c4cc(O)cc(O)c4-c4cc3ccc4O)[C@H](O[C@H]3C[C@](C)(N)[C@@H](O)[C@H](C)O3)c3ccc(cc3)Oc3cc2cc(c3O[C@@H]2O[C@H](CO)[C@@H](O)[C@H](O)[C@H]2O[C@H]2C[C@](C)(N)[C@@H](O)[C@H](C)O2)Oc2ccc(cc2Cl)[C@H]1O. The van der Waals surface area contributed by atoms with E-state index in [9.17, 15) is 55.5 Å². The quantitative estimate of drug-likeness (QED) is 0.0491. The van der Waals surface area contributed by atoms with Crippen molar-refractivity contribution >= 4 is 69.8 Å². The van der Waals surface area contributed by atoms with E-state index in [2.05, 4.69) is 47.5 Å². The minimum atomic E-state index is -2.35. The minimum Gasteiger partial charge on any atom is -0.508 e. The Balaban J connectivity index is 0.957. The third-order valence-electron chi connectivity index (χ3n) is 23.8.